The van der Waals surface area contributed by atoms with Gasteiger partial charge in [0.05, 0.1) is 0 Å². The molecule has 4 heteroatoms. The summed E-state index contributed by atoms with van der Waals surface area (Å²) in [5.74, 6) is 2.31. The first-order valence-electron chi connectivity index (χ1n) is 7.96. The van der Waals surface area contributed by atoms with Crippen LogP contribution in [0.2, 0.25) is 10.0 Å². The van der Waals surface area contributed by atoms with E-state index in [1.54, 1.807) is 24.3 Å². The molecule has 0 aliphatic heterocycles. The molecule has 1 amide bonds. The fourth-order valence-corrected chi connectivity index (χ4v) is 4.56. The minimum Gasteiger partial charge on any atom is -0.350 e. The highest BCUT2D eigenvalue weighted by Gasteiger charge is 2.41. The van der Waals surface area contributed by atoms with Crippen molar-refractivity contribution < 1.29 is 4.79 Å². The van der Waals surface area contributed by atoms with Crippen molar-refractivity contribution in [2.75, 3.05) is 0 Å². The van der Waals surface area contributed by atoms with Crippen molar-refractivity contribution in [2.24, 2.45) is 17.8 Å². The smallest absolute Gasteiger partial charge is 0.244 e. The second-order valence-electron chi connectivity index (χ2n) is 6.64. The van der Waals surface area contributed by atoms with Crippen LogP contribution >= 0.6 is 23.2 Å². The zero-order valence-electron chi connectivity index (χ0n) is 12.7. The quantitative estimate of drug-likeness (QED) is 0.774. The van der Waals surface area contributed by atoms with Gasteiger partial charge in [-0.15, -0.1) is 0 Å². The summed E-state index contributed by atoms with van der Waals surface area (Å²) in [5.41, 5.74) is 0.800. The topological polar surface area (TPSA) is 29.1 Å². The zero-order chi connectivity index (χ0) is 15.7. The second-order valence-corrected chi connectivity index (χ2v) is 7.48. The van der Waals surface area contributed by atoms with Crippen molar-refractivity contribution in [3.05, 3.63) is 39.9 Å². The molecule has 0 saturated heterocycles. The number of carbonyl (C=O) groups is 1. The van der Waals surface area contributed by atoms with Gasteiger partial charge in [0.25, 0.3) is 0 Å². The third-order valence-electron chi connectivity index (χ3n) is 5.18. The van der Waals surface area contributed by atoms with Crippen LogP contribution in [0.4, 0.5) is 0 Å². The zero-order valence-corrected chi connectivity index (χ0v) is 14.2. The van der Waals surface area contributed by atoms with Gasteiger partial charge < -0.3 is 5.32 Å². The standard InChI is InChI=1S/C18H21Cl2NO/c1-11(16-9-12-2-3-14(16)8-12)21-18(22)7-5-13-4-6-15(19)10-17(13)20/h4-7,10-12,14,16H,2-3,8-9H2,1H3,(H,21,22)/b7-5+. The van der Waals surface area contributed by atoms with Crippen molar-refractivity contribution in [3.63, 3.8) is 0 Å². The van der Waals surface area contributed by atoms with Gasteiger partial charge in [0.2, 0.25) is 5.91 Å². The van der Waals surface area contributed by atoms with Crippen molar-refractivity contribution in [2.45, 2.75) is 38.6 Å². The Morgan fingerprint density at radius 1 is 1.32 bits per heavy atom. The normalized spacial score (nSPS) is 28.2. The molecule has 1 aromatic rings. The number of nitrogens with one attached hydrogen (secondary N) is 1. The molecule has 0 radical (unpaired) electrons. The van der Waals surface area contributed by atoms with E-state index in [2.05, 4.69) is 12.2 Å². The fraction of sp³-hybridized carbons (Fsp3) is 0.500. The van der Waals surface area contributed by atoms with Gasteiger partial charge in [0, 0.05) is 22.2 Å². The van der Waals surface area contributed by atoms with Crippen molar-refractivity contribution >= 4 is 35.2 Å². The number of halogens is 2. The predicted octanol–water partition coefficient (Wildman–Crippen LogP) is 4.95. The number of hydrogen-bond donors (Lipinski definition) is 1. The molecule has 0 spiro atoms. The number of fused-ring (bicyclic) bond motifs is 2. The Morgan fingerprint density at radius 2 is 2.14 bits per heavy atom. The highest BCUT2D eigenvalue weighted by Crippen LogP contribution is 2.49. The molecule has 2 nitrogen and oxygen atoms in total. The molecule has 22 heavy (non-hydrogen) atoms. The fourth-order valence-electron chi connectivity index (χ4n) is 4.09. The maximum atomic E-state index is 12.1. The summed E-state index contributed by atoms with van der Waals surface area (Å²) in [4.78, 5) is 12.1. The van der Waals surface area contributed by atoms with E-state index in [0.29, 0.717) is 16.0 Å². The lowest BCUT2D eigenvalue weighted by Crippen LogP contribution is -2.39. The average Bonchev–Trinajstić information content (AvgIpc) is 3.09. The lowest BCUT2D eigenvalue weighted by Gasteiger charge is -2.28. The van der Waals surface area contributed by atoms with Gasteiger partial charge in [-0.25, -0.2) is 0 Å². The van der Waals surface area contributed by atoms with Crippen molar-refractivity contribution in [1.29, 1.82) is 0 Å². The monoisotopic (exact) mass is 337 g/mol. The molecule has 2 aliphatic carbocycles. The van der Waals surface area contributed by atoms with E-state index < -0.39 is 0 Å². The Kier molecular flexibility index (Phi) is 4.79. The van der Waals surface area contributed by atoms with Crippen LogP contribution in [0.5, 0.6) is 0 Å². The van der Waals surface area contributed by atoms with Crippen LogP contribution < -0.4 is 5.32 Å². The van der Waals surface area contributed by atoms with Gasteiger partial charge in [-0.05, 0) is 67.7 Å². The molecule has 4 unspecified atom stereocenters. The van der Waals surface area contributed by atoms with Crippen LogP contribution in [0, 0.1) is 17.8 Å². The molecule has 0 heterocycles. The maximum absolute atomic E-state index is 12.1. The van der Waals surface area contributed by atoms with Gasteiger partial charge in [-0.3, -0.25) is 4.79 Å². The highest BCUT2D eigenvalue weighted by atomic mass is 35.5. The first kappa shape index (κ1) is 15.9. The molecule has 1 aromatic carbocycles. The van der Waals surface area contributed by atoms with E-state index in [9.17, 15) is 4.79 Å². The number of amides is 1. The van der Waals surface area contributed by atoms with E-state index in [1.165, 1.54) is 25.7 Å². The number of carbonyl (C=O) groups excluding carboxylic acids is 1. The number of rotatable bonds is 4. The van der Waals surface area contributed by atoms with Gasteiger partial charge >= 0.3 is 0 Å². The summed E-state index contributed by atoms with van der Waals surface area (Å²) in [6.07, 6.45) is 8.66. The molecular formula is C18H21Cl2NO. The molecule has 2 bridgehead atoms. The Labute approximate surface area is 141 Å². The minimum absolute atomic E-state index is 0.0544. The molecule has 2 fully saturated rings. The van der Waals surface area contributed by atoms with Crippen LogP contribution in [-0.4, -0.2) is 11.9 Å². The van der Waals surface area contributed by atoms with Crippen LogP contribution in [0.15, 0.2) is 24.3 Å². The summed E-state index contributed by atoms with van der Waals surface area (Å²) in [6, 6.07) is 5.50. The van der Waals surface area contributed by atoms with Crippen molar-refractivity contribution in [3.8, 4) is 0 Å². The Hall–Kier alpha value is -0.990. The van der Waals surface area contributed by atoms with Gasteiger partial charge in [0.1, 0.15) is 0 Å². The van der Waals surface area contributed by atoms with Crippen LogP contribution in [0.3, 0.4) is 0 Å². The summed E-state index contributed by atoms with van der Waals surface area (Å²) in [5, 5.41) is 4.26. The van der Waals surface area contributed by atoms with Gasteiger partial charge in [-0.2, -0.15) is 0 Å². The van der Waals surface area contributed by atoms with E-state index in [4.69, 9.17) is 23.2 Å². The lowest BCUT2D eigenvalue weighted by atomic mass is 9.84. The first-order chi connectivity index (χ1) is 10.5. The van der Waals surface area contributed by atoms with E-state index in [-0.39, 0.29) is 11.9 Å². The van der Waals surface area contributed by atoms with Crippen molar-refractivity contribution in [1.82, 2.24) is 5.32 Å². The summed E-state index contributed by atoms with van der Waals surface area (Å²) < 4.78 is 0. The molecule has 2 aliphatic rings. The van der Waals surface area contributed by atoms with Gasteiger partial charge in [0.15, 0.2) is 0 Å². The SMILES string of the molecule is CC(NC(=O)/C=C/c1ccc(Cl)cc1Cl)C1CC2CCC1C2. The Bertz CT molecular complexity index is 599. The Morgan fingerprint density at radius 3 is 2.77 bits per heavy atom. The van der Waals surface area contributed by atoms with E-state index >= 15 is 0 Å². The predicted molar refractivity (Wildman–Crippen MR) is 92.0 cm³/mol. The third kappa shape index (κ3) is 3.49. The molecule has 1 N–H and O–H groups in total. The first-order valence-corrected chi connectivity index (χ1v) is 8.72. The largest absolute Gasteiger partial charge is 0.350 e. The molecule has 118 valence electrons. The molecule has 0 aromatic heterocycles. The van der Waals surface area contributed by atoms with Crippen LogP contribution in [-0.2, 0) is 4.79 Å². The number of hydrogen-bond acceptors (Lipinski definition) is 1. The van der Waals surface area contributed by atoms with E-state index in [0.717, 1.165) is 17.4 Å². The second kappa shape index (κ2) is 6.64. The molecule has 3 rings (SSSR count). The number of benzene rings is 1. The summed E-state index contributed by atoms with van der Waals surface area (Å²) in [6.45, 7) is 2.13. The Balaban J connectivity index is 1.56. The molecular weight excluding hydrogens is 317 g/mol. The molecule has 4 atom stereocenters. The summed E-state index contributed by atoms with van der Waals surface area (Å²) >= 11 is 12.0. The maximum Gasteiger partial charge on any atom is 0.244 e. The highest BCUT2D eigenvalue weighted by molar-refractivity contribution is 6.35. The lowest BCUT2D eigenvalue weighted by molar-refractivity contribution is -0.117. The van der Waals surface area contributed by atoms with Crippen LogP contribution in [0.1, 0.15) is 38.2 Å². The van der Waals surface area contributed by atoms with Gasteiger partial charge in [-0.1, -0.05) is 35.7 Å². The molecule has 2 saturated carbocycles. The minimum atomic E-state index is -0.0544. The van der Waals surface area contributed by atoms with Crippen LogP contribution in [0.25, 0.3) is 6.08 Å². The van der Waals surface area contributed by atoms with E-state index in [1.807, 2.05) is 6.07 Å². The average molecular weight is 338 g/mol. The summed E-state index contributed by atoms with van der Waals surface area (Å²) in [7, 11) is 0. The third-order valence-corrected chi connectivity index (χ3v) is 5.74.